The molecule has 0 aliphatic carbocycles. The van der Waals surface area contributed by atoms with Crippen molar-refractivity contribution in [1.82, 2.24) is 4.98 Å². The molecule has 1 aromatic heterocycles. The Balaban J connectivity index is 2.00. The number of hydrogen-bond acceptors (Lipinski definition) is 2. The first-order chi connectivity index (χ1) is 13.2. The van der Waals surface area contributed by atoms with Gasteiger partial charge >= 0.3 is 0 Å². The van der Waals surface area contributed by atoms with E-state index in [9.17, 15) is 10.1 Å². The number of para-hydroxylation sites is 1. The lowest BCUT2D eigenvalue weighted by Gasteiger charge is -2.23. The Morgan fingerprint density at radius 2 is 1.37 bits per heavy atom. The van der Waals surface area contributed by atoms with E-state index in [1.807, 2.05) is 91.9 Å². The average molecular weight is 356 g/mol. The van der Waals surface area contributed by atoms with Gasteiger partial charge in [0.2, 0.25) is 6.04 Å². The molecule has 0 spiro atoms. The van der Waals surface area contributed by atoms with Gasteiger partial charge in [-0.2, -0.15) is 0 Å². The van der Waals surface area contributed by atoms with Gasteiger partial charge < -0.3 is 4.98 Å². The van der Waals surface area contributed by atoms with Gasteiger partial charge in [0, 0.05) is 27.1 Å². The fourth-order valence-corrected chi connectivity index (χ4v) is 3.95. The first-order valence-corrected chi connectivity index (χ1v) is 8.97. The van der Waals surface area contributed by atoms with Crippen LogP contribution in [0.5, 0.6) is 0 Å². The van der Waals surface area contributed by atoms with Gasteiger partial charge in [-0.05, 0) is 24.1 Å². The summed E-state index contributed by atoms with van der Waals surface area (Å²) in [5.74, 6) is -0.389. The van der Waals surface area contributed by atoms with Gasteiger partial charge in [0.15, 0.2) is 0 Å². The number of H-pyrrole nitrogens is 1. The average Bonchev–Trinajstić information content (AvgIpc) is 3.02. The zero-order valence-corrected chi connectivity index (χ0v) is 15.0. The number of nitrogens with one attached hydrogen (secondary N) is 1. The molecule has 0 saturated heterocycles. The van der Waals surface area contributed by atoms with E-state index in [-0.39, 0.29) is 10.8 Å². The largest absolute Gasteiger partial charge is 0.358 e. The molecule has 4 rings (SSSR count). The Morgan fingerprint density at radius 3 is 2.00 bits per heavy atom. The summed E-state index contributed by atoms with van der Waals surface area (Å²) in [6, 6.07) is 26.2. The number of rotatable bonds is 5. The molecule has 1 unspecified atom stereocenters. The predicted octanol–water partition coefficient (Wildman–Crippen LogP) is 5.63. The lowest BCUT2D eigenvalue weighted by molar-refractivity contribution is -0.531. The molecule has 0 amide bonds. The molecule has 1 heterocycles. The topological polar surface area (TPSA) is 58.9 Å². The van der Waals surface area contributed by atoms with Crippen LogP contribution in [0.3, 0.4) is 0 Å². The Hall–Kier alpha value is -3.40. The minimum Gasteiger partial charge on any atom is -0.358 e. The van der Waals surface area contributed by atoms with Gasteiger partial charge in [-0.3, -0.25) is 10.1 Å². The van der Waals surface area contributed by atoms with Crippen molar-refractivity contribution in [2.24, 2.45) is 0 Å². The second kappa shape index (κ2) is 7.08. The summed E-state index contributed by atoms with van der Waals surface area (Å²) in [5.41, 5.74) is 4.60. The molecule has 3 aromatic carbocycles. The summed E-state index contributed by atoms with van der Waals surface area (Å²) in [4.78, 5) is 15.5. The SMILES string of the molecule is Cc1[nH]c2ccccc2c1[C@H](c1ccccc1)C(c1ccccc1)[N+](=O)[O-]. The van der Waals surface area contributed by atoms with Crippen molar-refractivity contribution < 1.29 is 4.92 Å². The van der Waals surface area contributed by atoms with Crippen LogP contribution in [0.1, 0.15) is 34.3 Å². The van der Waals surface area contributed by atoms with E-state index in [0.717, 1.165) is 27.7 Å². The molecule has 0 saturated carbocycles. The minimum absolute atomic E-state index is 0.159. The number of aryl methyl sites for hydroxylation is 1. The summed E-state index contributed by atoms with van der Waals surface area (Å²) in [6.07, 6.45) is 0. The monoisotopic (exact) mass is 356 g/mol. The lowest BCUT2D eigenvalue weighted by atomic mass is 9.81. The normalized spacial score (nSPS) is 13.4. The van der Waals surface area contributed by atoms with E-state index >= 15 is 0 Å². The van der Waals surface area contributed by atoms with Crippen molar-refractivity contribution in [2.45, 2.75) is 18.9 Å². The molecule has 4 heteroatoms. The van der Waals surface area contributed by atoms with Crippen LogP contribution in [-0.4, -0.2) is 9.91 Å². The molecule has 0 aliphatic rings. The standard InChI is InChI=1S/C23H20N2O2/c1-16-21(19-14-8-9-15-20(19)24-16)22(17-10-4-2-5-11-17)23(25(26)27)18-12-6-3-7-13-18/h2-15,22-24H,1H3/t22-,23?/m0/s1. The fraction of sp³-hybridized carbons (Fsp3) is 0.130. The van der Waals surface area contributed by atoms with E-state index < -0.39 is 6.04 Å². The number of nitro groups is 1. The third-order valence-corrected chi connectivity index (χ3v) is 5.10. The van der Waals surface area contributed by atoms with Crippen LogP contribution in [0, 0.1) is 17.0 Å². The molecule has 0 bridgehead atoms. The van der Waals surface area contributed by atoms with Crippen LogP contribution in [0.2, 0.25) is 0 Å². The summed E-state index contributed by atoms with van der Waals surface area (Å²) in [6.45, 7) is 1.99. The molecule has 134 valence electrons. The van der Waals surface area contributed by atoms with Gasteiger partial charge in [-0.25, -0.2) is 0 Å². The van der Waals surface area contributed by atoms with Crippen LogP contribution in [0.4, 0.5) is 0 Å². The smallest absolute Gasteiger partial charge is 0.248 e. The zero-order valence-electron chi connectivity index (χ0n) is 15.0. The van der Waals surface area contributed by atoms with Gasteiger partial charge in [-0.15, -0.1) is 0 Å². The van der Waals surface area contributed by atoms with Crippen LogP contribution in [0.15, 0.2) is 84.9 Å². The highest BCUT2D eigenvalue weighted by Crippen LogP contribution is 2.43. The maximum atomic E-state index is 12.3. The summed E-state index contributed by atoms with van der Waals surface area (Å²) < 4.78 is 0. The maximum absolute atomic E-state index is 12.3. The van der Waals surface area contributed by atoms with E-state index in [1.165, 1.54) is 0 Å². The second-order valence-corrected chi connectivity index (χ2v) is 6.74. The molecule has 1 N–H and O–H groups in total. The number of fused-ring (bicyclic) bond motifs is 1. The molecule has 27 heavy (non-hydrogen) atoms. The predicted molar refractivity (Wildman–Crippen MR) is 107 cm³/mol. The van der Waals surface area contributed by atoms with Crippen LogP contribution >= 0.6 is 0 Å². The quantitative estimate of drug-likeness (QED) is 0.372. The lowest BCUT2D eigenvalue weighted by Crippen LogP contribution is -2.21. The van der Waals surface area contributed by atoms with E-state index in [1.54, 1.807) is 0 Å². The summed E-state index contributed by atoms with van der Waals surface area (Å²) in [5, 5.41) is 13.3. The first-order valence-electron chi connectivity index (χ1n) is 8.97. The highest BCUT2D eigenvalue weighted by molar-refractivity contribution is 5.85. The minimum atomic E-state index is -0.869. The Morgan fingerprint density at radius 1 is 0.815 bits per heavy atom. The van der Waals surface area contributed by atoms with Gasteiger partial charge in [-0.1, -0.05) is 78.9 Å². The number of nitrogens with zero attached hydrogens (tertiary/aromatic N) is 1. The Kier molecular flexibility index (Phi) is 4.47. The molecule has 2 atom stereocenters. The van der Waals surface area contributed by atoms with Gasteiger partial charge in [0.1, 0.15) is 0 Å². The van der Waals surface area contributed by atoms with Crippen molar-refractivity contribution in [3.63, 3.8) is 0 Å². The van der Waals surface area contributed by atoms with E-state index in [0.29, 0.717) is 5.56 Å². The molecule has 0 radical (unpaired) electrons. The highest BCUT2D eigenvalue weighted by atomic mass is 16.6. The van der Waals surface area contributed by atoms with Crippen LogP contribution in [0.25, 0.3) is 10.9 Å². The third-order valence-electron chi connectivity index (χ3n) is 5.10. The van der Waals surface area contributed by atoms with Crippen molar-refractivity contribution in [2.75, 3.05) is 0 Å². The number of hydrogen-bond donors (Lipinski definition) is 1. The molecule has 4 aromatic rings. The Bertz CT molecular complexity index is 1070. The maximum Gasteiger partial charge on any atom is 0.248 e. The van der Waals surface area contributed by atoms with Crippen molar-refractivity contribution in [1.29, 1.82) is 0 Å². The van der Waals surface area contributed by atoms with E-state index in [2.05, 4.69) is 4.98 Å². The van der Waals surface area contributed by atoms with Crippen molar-refractivity contribution in [3.8, 4) is 0 Å². The molecular weight excluding hydrogens is 336 g/mol. The van der Waals surface area contributed by atoms with Gasteiger partial charge in [0.25, 0.3) is 0 Å². The first kappa shape index (κ1) is 17.0. The highest BCUT2D eigenvalue weighted by Gasteiger charge is 2.38. The third kappa shape index (κ3) is 3.10. The molecular formula is C23H20N2O2. The molecule has 4 nitrogen and oxygen atoms in total. The van der Waals surface area contributed by atoms with Crippen molar-refractivity contribution in [3.05, 3.63) is 117 Å². The number of benzene rings is 3. The summed E-state index contributed by atoms with van der Waals surface area (Å²) in [7, 11) is 0. The number of aromatic nitrogens is 1. The van der Waals surface area contributed by atoms with Crippen LogP contribution in [-0.2, 0) is 0 Å². The zero-order chi connectivity index (χ0) is 18.8. The fourth-order valence-electron chi connectivity index (χ4n) is 3.95. The second-order valence-electron chi connectivity index (χ2n) is 6.74. The molecule has 0 fully saturated rings. The van der Waals surface area contributed by atoms with Crippen LogP contribution < -0.4 is 0 Å². The molecule has 0 aliphatic heterocycles. The van der Waals surface area contributed by atoms with Gasteiger partial charge in [0.05, 0.1) is 5.92 Å². The van der Waals surface area contributed by atoms with Crippen molar-refractivity contribution >= 4 is 10.9 Å². The summed E-state index contributed by atoms with van der Waals surface area (Å²) >= 11 is 0. The Labute approximate surface area is 157 Å². The van der Waals surface area contributed by atoms with E-state index in [4.69, 9.17) is 0 Å². The number of aromatic amines is 1.